The molecule has 1 fully saturated rings. The topological polar surface area (TPSA) is 35.2 Å². The summed E-state index contributed by atoms with van der Waals surface area (Å²) in [4.78, 5) is 0. The zero-order chi connectivity index (χ0) is 14.8. The van der Waals surface area contributed by atoms with Gasteiger partial charge in [-0.3, -0.25) is 0 Å². The molecule has 112 valence electrons. The van der Waals surface area contributed by atoms with E-state index in [1.54, 1.807) is 6.07 Å². The molecule has 0 amide bonds. The summed E-state index contributed by atoms with van der Waals surface area (Å²) in [6, 6.07) is 6.57. The fourth-order valence-corrected chi connectivity index (χ4v) is 3.57. The van der Waals surface area contributed by atoms with Crippen LogP contribution in [0.2, 0.25) is 0 Å². The van der Waals surface area contributed by atoms with Crippen LogP contribution in [0, 0.1) is 17.2 Å². The number of halogens is 1. The molecule has 1 aliphatic carbocycles. The lowest BCUT2D eigenvalue weighted by atomic mass is 9.71. The molecule has 1 aromatic rings. The minimum Gasteiger partial charge on any atom is -0.369 e. The van der Waals surface area contributed by atoms with Crippen molar-refractivity contribution in [3.05, 3.63) is 35.6 Å². The summed E-state index contributed by atoms with van der Waals surface area (Å²) in [5.74, 6) is 0.427. The lowest BCUT2D eigenvalue weighted by Gasteiger charge is -2.40. The first-order valence-electron chi connectivity index (χ1n) is 7.50. The number of rotatable bonds is 4. The molecule has 0 radical (unpaired) electrons. The normalized spacial score (nSPS) is 27.2. The lowest BCUT2D eigenvalue weighted by molar-refractivity contribution is -0.0636. The van der Waals surface area contributed by atoms with Gasteiger partial charge in [0.05, 0.1) is 12.2 Å². The minimum atomic E-state index is -0.234. The molecule has 2 rings (SSSR count). The van der Waals surface area contributed by atoms with Crippen molar-refractivity contribution in [1.82, 2.24) is 0 Å². The third kappa shape index (κ3) is 4.03. The third-order valence-corrected chi connectivity index (χ3v) is 4.14. The molecule has 2 N–H and O–H groups in total. The van der Waals surface area contributed by atoms with Gasteiger partial charge in [0.25, 0.3) is 0 Å². The molecular formula is C17H26FNO. The number of ether oxygens (including phenoxy) is 1. The highest BCUT2D eigenvalue weighted by molar-refractivity contribution is 5.19. The molecule has 3 heteroatoms. The van der Waals surface area contributed by atoms with Gasteiger partial charge < -0.3 is 10.5 Å². The molecule has 1 aliphatic rings. The van der Waals surface area contributed by atoms with Gasteiger partial charge in [-0.25, -0.2) is 4.39 Å². The number of nitrogens with two attached hydrogens (primary N) is 1. The fraction of sp³-hybridized carbons (Fsp3) is 0.647. The predicted octanol–water partition coefficient (Wildman–Crippen LogP) is 4.06. The summed E-state index contributed by atoms with van der Waals surface area (Å²) in [5, 5.41) is 0. The summed E-state index contributed by atoms with van der Waals surface area (Å²) in [7, 11) is 0. The van der Waals surface area contributed by atoms with Gasteiger partial charge >= 0.3 is 0 Å². The molecular weight excluding hydrogens is 253 g/mol. The number of hydrogen-bond acceptors (Lipinski definition) is 2. The van der Waals surface area contributed by atoms with Gasteiger partial charge in [-0.1, -0.05) is 32.9 Å². The van der Waals surface area contributed by atoms with E-state index in [9.17, 15) is 4.39 Å². The number of hydrogen-bond donors (Lipinski definition) is 1. The number of benzene rings is 1. The molecule has 0 spiro atoms. The van der Waals surface area contributed by atoms with Crippen molar-refractivity contribution in [1.29, 1.82) is 0 Å². The highest BCUT2D eigenvalue weighted by Crippen LogP contribution is 2.41. The van der Waals surface area contributed by atoms with Crippen LogP contribution in [-0.4, -0.2) is 12.6 Å². The molecule has 20 heavy (non-hydrogen) atoms. The van der Waals surface area contributed by atoms with Crippen LogP contribution in [0.5, 0.6) is 0 Å². The third-order valence-electron chi connectivity index (χ3n) is 4.14. The van der Waals surface area contributed by atoms with Gasteiger partial charge in [0.2, 0.25) is 0 Å². The summed E-state index contributed by atoms with van der Waals surface area (Å²) in [6.45, 7) is 7.24. The van der Waals surface area contributed by atoms with E-state index >= 15 is 0 Å². The Hall–Kier alpha value is -0.930. The first-order valence-corrected chi connectivity index (χ1v) is 7.50. The average molecular weight is 279 g/mol. The Kier molecular flexibility index (Phi) is 4.82. The van der Waals surface area contributed by atoms with E-state index in [4.69, 9.17) is 10.5 Å². The van der Waals surface area contributed by atoms with Crippen LogP contribution in [0.15, 0.2) is 24.3 Å². The fourth-order valence-electron chi connectivity index (χ4n) is 3.57. The summed E-state index contributed by atoms with van der Waals surface area (Å²) < 4.78 is 19.5. The largest absolute Gasteiger partial charge is 0.369 e. The minimum absolute atomic E-state index is 0.211. The van der Waals surface area contributed by atoms with E-state index in [2.05, 4.69) is 20.8 Å². The monoisotopic (exact) mass is 279 g/mol. The maximum Gasteiger partial charge on any atom is 0.123 e. The van der Waals surface area contributed by atoms with Crippen molar-refractivity contribution in [3.63, 3.8) is 0 Å². The molecule has 3 unspecified atom stereocenters. The molecule has 0 bridgehead atoms. The van der Waals surface area contributed by atoms with Crippen LogP contribution >= 0.6 is 0 Å². The van der Waals surface area contributed by atoms with E-state index in [-0.39, 0.29) is 18.0 Å². The summed E-state index contributed by atoms with van der Waals surface area (Å²) >= 11 is 0. The van der Waals surface area contributed by atoms with Crippen LogP contribution in [0.1, 0.15) is 51.7 Å². The molecule has 3 atom stereocenters. The van der Waals surface area contributed by atoms with Gasteiger partial charge in [-0.15, -0.1) is 0 Å². The SMILES string of the molecule is CC1CC(OC(CN)c2cccc(F)c2)CC(C)(C)C1. The lowest BCUT2D eigenvalue weighted by Crippen LogP contribution is -2.34. The van der Waals surface area contributed by atoms with E-state index in [1.807, 2.05) is 6.07 Å². The van der Waals surface area contributed by atoms with Gasteiger partial charge in [0.15, 0.2) is 0 Å². The molecule has 1 saturated carbocycles. The first kappa shape index (κ1) is 15.5. The highest BCUT2D eigenvalue weighted by Gasteiger charge is 2.33. The maximum absolute atomic E-state index is 13.3. The summed E-state index contributed by atoms with van der Waals surface area (Å²) in [6.07, 6.45) is 3.35. The smallest absolute Gasteiger partial charge is 0.123 e. The standard InChI is InChI=1S/C17H26FNO/c1-12-7-15(10-17(2,3)9-12)20-16(11-19)13-5-4-6-14(18)8-13/h4-6,8,12,15-16H,7,9-11,19H2,1-3H3. The van der Waals surface area contributed by atoms with Gasteiger partial charge in [0, 0.05) is 6.54 Å². The van der Waals surface area contributed by atoms with Crippen molar-refractivity contribution in [2.45, 2.75) is 52.2 Å². The quantitative estimate of drug-likeness (QED) is 0.902. The Balaban J connectivity index is 2.06. The van der Waals surface area contributed by atoms with E-state index < -0.39 is 0 Å². The van der Waals surface area contributed by atoms with Crippen LogP contribution in [-0.2, 0) is 4.74 Å². The second kappa shape index (κ2) is 6.23. The zero-order valence-corrected chi connectivity index (χ0v) is 12.7. The van der Waals surface area contributed by atoms with Crippen LogP contribution < -0.4 is 5.73 Å². The molecule has 0 heterocycles. The van der Waals surface area contributed by atoms with Crippen LogP contribution in [0.4, 0.5) is 4.39 Å². The van der Waals surface area contributed by atoms with E-state index in [0.29, 0.717) is 17.9 Å². The van der Waals surface area contributed by atoms with Crippen LogP contribution in [0.3, 0.4) is 0 Å². The summed E-state index contributed by atoms with van der Waals surface area (Å²) in [5.41, 5.74) is 6.97. The maximum atomic E-state index is 13.3. The molecule has 1 aromatic carbocycles. The van der Waals surface area contributed by atoms with Gasteiger partial charge in [-0.2, -0.15) is 0 Å². The Morgan fingerprint density at radius 2 is 2.15 bits per heavy atom. The second-order valence-electron chi connectivity index (χ2n) is 6.95. The Morgan fingerprint density at radius 3 is 2.75 bits per heavy atom. The van der Waals surface area contributed by atoms with Crippen molar-refractivity contribution in [2.24, 2.45) is 17.1 Å². The molecule has 0 aliphatic heterocycles. The molecule has 0 saturated heterocycles. The zero-order valence-electron chi connectivity index (χ0n) is 12.7. The van der Waals surface area contributed by atoms with E-state index in [0.717, 1.165) is 18.4 Å². The first-order chi connectivity index (χ1) is 9.39. The molecule has 2 nitrogen and oxygen atoms in total. The Labute approximate surface area is 121 Å². The average Bonchev–Trinajstić information content (AvgIpc) is 2.33. The van der Waals surface area contributed by atoms with Crippen molar-refractivity contribution in [3.8, 4) is 0 Å². The van der Waals surface area contributed by atoms with Crippen molar-refractivity contribution in [2.75, 3.05) is 6.54 Å². The predicted molar refractivity (Wildman–Crippen MR) is 79.9 cm³/mol. The molecule has 0 aromatic heterocycles. The van der Waals surface area contributed by atoms with Crippen molar-refractivity contribution < 1.29 is 9.13 Å². The van der Waals surface area contributed by atoms with Gasteiger partial charge in [-0.05, 0) is 48.3 Å². The van der Waals surface area contributed by atoms with Crippen LogP contribution in [0.25, 0.3) is 0 Å². The second-order valence-corrected chi connectivity index (χ2v) is 6.95. The van der Waals surface area contributed by atoms with E-state index in [1.165, 1.54) is 18.6 Å². The van der Waals surface area contributed by atoms with Gasteiger partial charge in [0.1, 0.15) is 5.82 Å². The highest BCUT2D eigenvalue weighted by atomic mass is 19.1. The van der Waals surface area contributed by atoms with Crippen molar-refractivity contribution >= 4 is 0 Å². The Bertz CT molecular complexity index is 446. The Morgan fingerprint density at radius 1 is 1.40 bits per heavy atom.